The van der Waals surface area contributed by atoms with Gasteiger partial charge in [-0.3, -0.25) is 4.99 Å². The van der Waals surface area contributed by atoms with Crippen LogP contribution in [0.5, 0.6) is 0 Å². The van der Waals surface area contributed by atoms with Crippen LogP contribution in [0.3, 0.4) is 0 Å². The van der Waals surface area contributed by atoms with Crippen molar-refractivity contribution < 1.29 is 5.11 Å². The average Bonchev–Trinajstić information content (AvgIpc) is 2.38. The van der Waals surface area contributed by atoms with Crippen molar-refractivity contribution in [3.63, 3.8) is 0 Å². The van der Waals surface area contributed by atoms with Crippen LogP contribution in [0.25, 0.3) is 0 Å². The number of aryl methyl sites for hydroxylation is 1. The number of rotatable bonds is 4. The monoisotopic (exact) mass is 273 g/mol. The molecule has 0 radical (unpaired) electrons. The summed E-state index contributed by atoms with van der Waals surface area (Å²) in [6.07, 6.45) is 2.52. The SMILES string of the molecule is C=CC1N=C(C(=C)S)c2cc(C)ccc2C1CCO. The number of aliphatic hydroxyl groups excluding tert-OH is 1. The zero-order valence-corrected chi connectivity index (χ0v) is 12.0. The maximum atomic E-state index is 9.27. The smallest absolute Gasteiger partial charge is 0.0784 e. The van der Waals surface area contributed by atoms with Gasteiger partial charge in [0.1, 0.15) is 0 Å². The van der Waals surface area contributed by atoms with Crippen molar-refractivity contribution in [1.29, 1.82) is 0 Å². The molecule has 0 bridgehead atoms. The Morgan fingerprint density at radius 3 is 2.84 bits per heavy atom. The number of fused-ring (bicyclic) bond motifs is 1. The quantitative estimate of drug-likeness (QED) is 0.640. The number of benzene rings is 1. The molecule has 1 aromatic rings. The van der Waals surface area contributed by atoms with Gasteiger partial charge < -0.3 is 5.11 Å². The Bertz CT molecular complexity index is 548. The molecule has 3 heteroatoms. The van der Waals surface area contributed by atoms with E-state index in [0.29, 0.717) is 11.3 Å². The molecule has 1 aliphatic rings. The molecule has 0 aromatic heterocycles. The van der Waals surface area contributed by atoms with Crippen molar-refractivity contribution >= 4 is 18.3 Å². The Morgan fingerprint density at radius 2 is 2.26 bits per heavy atom. The maximum absolute atomic E-state index is 9.27. The molecule has 100 valence electrons. The fraction of sp³-hybridized carbons (Fsp3) is 0.312. The van der Waals surface area contributed by atoms with Gasteiger partial charge in [0, 0.05) is 23.0 Å². The number of hydrogen-bond acceptors (Lipinski definition) is 3. The summed E-state index contributed by atoms with van der Waals surface area (Å²) in [5.74, 6) is 0.175. The summed E-state index contributed by atoms with van der Waals surface area (Å²) in [5.41, 5.74) is 4.29. The third-order valence-corrected chi connectivity index (χ3v) is 3.72. The first kappa shape index (κ1) is 14.1. The molecule has 1 N–H and O–H groups in total. The first-order valence-electron chi connectivity index (χ1n) is 6.39. The predicted octanol–water partition coefficient (Wildman–Crippen LogP) is 3.26. The lowest BCUT2D eigenvalue weighted by Gasteiger charge is -2.30. The minimum absolute atomic E-state index is 0.0266. The molecule has 0 spiro atoms. The van der Waals surface area contributed by atoms with Crippen molar-refractivity contribution in [1.82, 2.24) is 0 Å². The van der Waals surface area contributed by atoms with Crippen LogP contribution in [0.4, 0.5) is 0 Å². The third-order valence-electron chi connectivity index (χ3n) is 3.51. The number of aliphatic hydroxyl groups is 1. The van der Waals surface area contributed by atoms with Gasteiger partial charge in [0.25, 0.3) is 0 Å². The normalized spacial score (nSPS) is 21.5. The molecular weight excluding hydrogens is 254 g/mol. The van der Waals surface area contributed by atoms with E-state index in [1.54, 1.807) is 0 Å². The van der Waals surface area contributed by atoms with E-state index in [9.17, 15) is 5.11 Å². The predicted molar refractivity (Wildman–Crippen MR) is 84.3 cm³/mol. The van der Waals surface area contributed by atoms with E-state index in [0.717, 1.165) is 11.3 Å². The highest BCUT2D eigenvalue weighted by atomic mass is 32.1. The second-order valence-electron chi connectivity index (χ2n) is 4.86. The van der Waals surface area contributed by atoms with Crippen molar-refractivity contribution in [2.75, 3.05) is 6.61 Å². The minimum Gasteiger partial charge on any atom is -0.396 e. The van der Waals surface area contributed by atoms with Gasteiger partial charge in [-0.1, -0.05) is 30.4 Å². The Balaban J connectivity index is 2.60. The summed E-state index contributed by atoms with van der Waals surface area (Å²) >= 11 is 4.35. The van der Waals surface area contributed by atoms with E-state index in [1.807, 2.05) is 6.08 Å². The Morgan fingerprint density at radius 1 is 1.53 bits per heavy atom. The van der Waals surface area contributed by atoms with Gasteiger partial charge in [0.05, 0.1) is 11.8 Å². The molecule has 1 aliphatic heterocycles. The molecule has 0 saturated carbocycles. The van der Waals surface area contributed by atoms with Crippen LogP contribution in [0, 0.1) is 6.92 Å². The summed E-state index contributed by atoms with van der Waals surface area (Å²) in [6, 6.07) is 6.29. The fourth-order valence-corrected chi connectivity index (χ4v) is 2.78. The van der Waals surface area contributed by atoms with E-state index in [-0.39, 0.29) is 18.6 Å². The van der Waals surface area contributed by atoms with Crippen LogP contribution in [-0.2, 0) is 0 Å². The van der Waals surface area contributed by atoms with Gasteiger partial charge in [0.15, 0.2) is 0 Å². The Hall–Kier alpha value is -1.32. The van der Waals surface area contributed by atoms with Crippen molar-refractivity contribution in [2.45, 2.75) is 25.3 Å². The summed E-state index contributed by atoms with van der Waals surface area (Å²) in [7, 11) is 0. The first-order chi connectivity index (χ1) is 9.08. The molecule has 0 fully saturated rings. The van der Waals surface area contributed by atoms with Crippen LogP contribution in [0.2, 0.25) is 0 Å². The molecule has 0 amide bonds. The largest absolute Gasteiger partial charge is 0.396 e. The Labute approximate surface area is 120 Å². The molecule has 1 aromatic carbocycles. The fourth-order valence-electron chi connectivity index (χ4n) is 2.60. The van der Waals surface area contributed by atoms with Gasteiger partial charge >= 0.3 is 0 Å². The minimum atomic E-state index is -0.0266. The molecule has 1 heterocycles. The lowest BCUT2D eigenvalue weighted by Crippen LogP contribution is -2.26. The Kier molecular flexibility index (Phi) is 4.27. The molecule has 2 nitrogen and oxygen atoms in total. The summed E-state index contributed by atoms with van der Waals surface area (Å²) < 4.78 is 0. The number of hydrogen-bond donors (Lipinski definition) is 2. The first-order valence-corrected chi connectivity index (χ1v) is 6.83. The van der Waals surface area contributed by atoms with Crippen LogP contribution >= 0.6 is 12.6 Å². The zero-order valence-electron chi connectivity index (χ0n) is 11.1. The van der Waals surface area contributed by atoms with E-state index < -0.39 is 0 Å². The number of allylic oxidation sites excluding steroid dienone is 1. The van der Waals surface area contributed by atoms with Crippen molar-refractivity contribution in [2.24, 2.45) is 4.99 Å². The third kappa shape index (κ3) is 2.67. The van der Waals surface area contributed by atoms with Gasteiger partial charge in [0.2, 0.25) is 0 Å². The summed E-state index contributed by atoms with van der Waals surface area (Å²) in [4.78, 5) is 5.36. The van der Waals surface area contributed by atoms with E-state index >= 15 is 0 Å². The highest BCUT2D eigenvalue weighted by Gasteiger charge is 2.29. The number of thiol groups is 1. The number of aliphatic imine (C=N–C) groups is 1. The van der Waals surface area contributed by atoms with Crippen LogP contribution in [0.15, 0.2) is 47.3 Å². The molecule has 2 rings (SSSR count). The standard InChI is InChI=1S/C16H19NOS/c1-4-15-13(7-8-18)12-6-5-10(2)9-14(12)16(17-15)11(3)19/h4-6,9,13,15,18-19H,1,3,7-8H2,2H3. The van der Waals surface area contributed by atoms with E-state index in [4.69, 9.17) is 4.99 Å². The molecule has 2 unspecified atom stereocenters. The lowest BCUT2D eigenvalue weighted by molar-refractivity contribution is 0.271. The van der Waals surface area contributed by atoms with Crippen LogP contribution in [0.1, 0.15) is 29.0 Å². The van der Waals surface area contributed by atoms with Crippen molar-refractivity contribution in [3.8, 4) is 0 Å². The highest BCUT2D eigenvalue weighted by molar-refractivity contribution is 7.85. The van der Waals surface area contributed by atoms with Crippen molar-refractivity contribution in [3.05, 3.63) is 59.0 Å². The summed E-state index contributed by atoms with van der Waals surface area (Å²) in [6.45, 7) is 9.96. The zero-order chi connectivity index (χ0) is 14.0. The topological polar surface area (TPSA) is 32.6 Å². The van der Waals surface area contributed by atoms with Gasteiger partial charge in [-0.25, -0.2) is 0 Å². The number of nitrogens with zero attached hydrogens (tertiary/aromatic N) is 1. The second kappa shape index (κ2) is 5.76. The summed E-state index contributed by atoms with van der Waals surface area (Å²) in [5, 5.41) is 9.27. The van der Waals surface area contributed by atoms with E-state index in [2.05, 4.69) is 50.9 Å². The molecule has 19 heavy (non-hydrogen) atoms. The molecule has 2 atom stereocenters. The average molecular weight is 273 g/mol. The van der Waals surface area contributed by atoms with Crippen LogP contribution in [-0.4, -0.2) is 23.5 Å². The highest BCUT2D eigenvalue weighted by Crippen LogP contribution is 2.35. The molecule has 0 saturated heterocycles. The van der Waals surface area contributed by atoms with Gasteiger partial charge in [-0.15, -0.1) is 19.2 Å². The van der Waals surface area contributed by atoms with E-state index in [1.165, 1.54) is 11.1 Å². The molecular formula is C16H19NOS. The second-order valence-corrected chi connectivity index (χ2v) is 5.40. The lowest BCUT2D eigenvalue weighted by atomic mass is 9.81. The molecule has 0 aliphatic carbocycles. The maximum Gasteiger partial charge on any atom is 0.0784 e. The van der Waals surface area contributed by atoms with Crippen LogP contribution < -0.4 is 0 Å². The van der Waals surface area contributed by atoms with Gasteiger partial charge in [-0.05, 0) is 25.0 Å². The van der Waals surface area contributed by atoms with Gasteiger partial charge in [-0.2, -0.15) is 0 Å².